The quantitative estimate of drug-likeness (QED) is 0.726. The Kier molecular flexibility index (Phi) is 7.78. The Morgan fingerprint density at radius 1 is 1.33 bits per heavy atom. The van der Waals surface area contributed by atoms with Crippen molar-refractivity contribution >= 4 is 12.4 Å². The summed E-state index contributed by atoms with van der Waals surface area (Å²) < 4.78 is 10.8. The van der Waals surface area contributed by atoms with Gasteiger partial charge in [0.15, 0.2) is 0 Å². The van der Waals surface area contributed by atoms with E-state index in [1.165, 1.54) is 19.3 Å². The molecule has 4 atom stereocenters. The number of ether oxygens (including phenoxy) is 2. The van der Waals surface area contributed by atoms with E-state index in [0.29, 0.717) is 24.5 Å². The zero-order chi connectivity index (χ0) is 16.1. The van der Waals surface area contributed by atoms with Crippen LogP contribution in [-0.4, -0.2) is 50.6 Å². The Hall–Kier alpha value is -0.850. The van der Waals surface area contributed by atoms with Crippen molar-refractivity contribution in [3.63, 3.8) is 0 Å². The van der Waals surface area contributed by atoms with Gasteiger partial charge in [0.25, 0.3) is 0 Å². The molecular weight excluding hydrogens is 328 g/mol. The summed E-state index contributed by atoms with van der Waals surface area (Å²) in [5.74, 6) is 1.41. The Balaban J connectivity index is 0.00000208. The first-order chi connectivity index (χ1) is 11.3. The first-order valence-electron chi connectivity index (χ1n) is 8.64. The van der Waals surface area contributed by atoms with Gasteiger partial charge in [0.05, 0.1) is 26.4 Å². The molecule has 1 saturated carbocycles. The molecule has 3 rings (SSSR count). The summed E-state index contributed by atoms with van der Waals surface area (Å²) in [5.41, 5.74) is 0.923. The summed E-state index contributed by atoms with van der Waals surface area (Å²) in [6, 6.07) is 8.53. The van der Waals surface area contributed by atoms with Crippen LogP contribution in [0.25, 0.3) is 0 Å². The van der Waals surface area contributed by atoms with E-state index in [9.17, 15) is 5.11 Å². The summed E-state index contributed by atoms with van der Waals surface area (Å²) in [7, 11) is 1.65. The maximum absolute atomic E-state index is 10.4. The Morgan fingerprint density at radius 3 is 2.79 bits per heavy atom. The van der Waals surface area contributed by atoms with Crippen molar-refractivity contribution < 1.29 is 14.6 Å². The van der Waals surface area contributed by atoms with Gasteiger partial charge in [0, 0.05) is 25.2 Å². The minimum atomic E-state index is -0.488. The van der Waals surface area contributed by atoms with E-state index in [0.717, 1.165) is 31.1 Å². The highest BCUT2D eigenvalue weighted by molar-refractivity contribution is 5.85. The highest BCUT2D eigenvalue weighted by Crippen LogP contribution is 2.30. The van der Waals surface area contributed by atoms with Crippen LogP contribution in [0.4, 0.5) is 0 Å². The first-order valence-corrected chi connectivity index (χ1v) is 8.64. The van der Waals surface area contributed by atoms with E-state index in [1.54, 1.807) is 7.11 Å². The zero-order valence-electron chi connectivity index (χ0n) is 14.2. The number of morpholine rings is 1. The van der Waals surface area contributed by atoms with Gasteiger partial charge in [0.1, 0.15) is 5.75 Å². The molecule has 0 amide bonds. The third-order valence-corrected chi connectivity index (χ3v) is 5.11. The third kappa shape index (κ3) is 4.83. The van der Waals surface area contributed by atoms with Crippen molar-refractivity contribution in [3.05, 3.63) is 29.8 Å². The summed E-state index contributed by atoms with van der Waals surface area (Å²) >= 11 is 0. The largest absolute Gasteiger partial charge is 0.497 e. The van der Waals surface area contributed by atoms with Gasteiger partial charge in [-0.2, -0.15) is 0 Å². The molecule has 1 aromatic rings. The molecule has 3 N–H and O–H groups in total. The number of nitrogens with one attached hydrogen (secondary N) is 2. The third-order valence-electron chi connectivity index (χ3n) is 5.11. The van der Waals surface area contributed by atoms with Crippen molar-refractivity contribution in [2.75, 3.05) is 33.4 Å². The van der Waals surface area contributed by atoms with Gasteiger partial charge in [-0.15, -0.1) is 12.4 Å². The molecule has 1 aliphatic carbocycles. The molecule has 1 saturated heterocycles. The number of methoxy groups -OCH3 is 1. The van der Waals surface area contributed by atoms with Gasteiger partial charge in [-0.3, -0.25) is 0 Å². The Labute approximate surface area is 150 Å². The fourth-order valence-electron chi connectivity index (χ4n) is 3.79. The van der Waals surface area contributed by atoms with E-state index < -0.39 is 6.10 Å². The number of benzene rings is 1. The average molecular weight is 357 g/mol. The van der Waals surface area contributed by atoms with E-state index in [2.05, 4.69) is 10.6 Å². The van der Waals surface area contributed by atoms with Crippen LogP contribution < -0.4 is 15.4 Å². The summed E-state index contributed by atoms with van der Waals surface area (Å²) in [5, 5.41) is 17.6. The monoisotopic (exact) mass is 356 g/mol. The number of halogens is 1. The SMILES string of the molecule is COc1ccc(C(O)CNC2CCCC2C2COCCN2)cc1.Cl. The Morgan fingerprint density at radius 2 is 2.12 bits per heavy atom. The van der Waals surface area contributed by atoms with Gasteiger partial charge >= 0.3 is 0 Å². The lowest BCUT2D eigenvalue weighted by atomic mass is 9.93. The minimum Gasteiger partial charge on any atom is -0.497 e. The highest BCUT2D eigenvalue weighted by Gasteiger charge is 2.34. The normalized spacial score (nSPS) is 28.2. The number of aliphatic hydroxyl groups is 1. The van der Waals surface area contributed by atoms with Gasteiger partial charge in [-0.1, -0.05) is 18.6 Å². The molecule has 4 unspecified atom stereocenters. The number of hydrogen-bond donors (Lipinski definition) is 3. The second kappa shape index (κ2) is 9.59. The molecule has 1 aliphatic heterocycles. The van der Waals surface area contributed by atoms with Gasteiger partial charge in [-0.05, 0) is 36.5 Å². The van der Waals surface area contributed by atoms with Crippen LogP contribution in [0.3, 0.4) is 0 Å². The van der Waals surface area contributed by atoms with Crippen molar-refractivity contribution in [1.82, 2.24) is 10.6 Å². The molecule has 0 radical (unpaired) electrons. The molecule has 0 aromatic heterocycles. The van der Waals surface area contributed by atoms with Gasteiger partial charge in [-0.25, -0.2) is 0 Å². The molecule has 2 fully saturated rings. The molecule has 1 heterocycles. The van der Waals surface area contributed by atoms with Gasteiger partial charge in [0.2, 0.25) is 0 Å². The van der Waals surface area contributed by atoms with Crippen molar-refractivity contribution in [1.29, 1.82) is 0 Å². The molecule has 136 valence electrons. The smallest absolute Gasteiger partial charge is 0.118 e. The van der Waals surface area contributed by atoms with Crippen LogP contribution in [0.15, 0.2) is 24.3 Å². The van der Waals surface area contributed by atoms with E-state index in [4.69, 9.17) is 9.47 Å². The van der Waals surface area contributed by atoms with Crippen LogP contribution in [0, 0.1) is 5.92 Å². The van der Waals surface area contributed by atoms with Crippen LogP contribution in [-0.2, 0) is 4.74 Å². The highest BCUT2D eigenvalue weighted by atomic mass is 35.5. The fourth-order valence-corrected chi connectivity index (χ4v) is 3.79. The maximum atomic E-state index is 10.4. The van der Waals surface area contributed by atoms with Crippen LogP contribution in [0.2, 0.25) is 0 Å². The summed E-state index contributed by atoms with van der Waals surface area (Å²) in [6.45, 7) is 3.16. The molecule has 0 spiro atoms. The molecule has 24 heavy (non-hydrogen) atoms. The summed E-state index contributed by atoms with van der Waals surface area (Å²) in [4.78, 5) is 0. The topological polar surface area (TPSA) is 62.8 Å². The summed E-state index contributed by atoms with van der Waals surface area (Å²) in [6.07, 6.45) is 3.17. The second-order valence-corrected chi connectivity index (χ2v) is 6.53. The fraction of sp³-hybridized carbons (Fsp3) is 0.667. The molecule has 5 nitrogen and oxygen atoms in total. The lowest BCUT2D eigenvalue weighted by Crippen LogP contribution is -2.51. The minimum absolute atomic E-state index is 0. The van der Waals surface area contributed by atoms with E-state index >= 15 is 0 Å². The van der Waals surface area contributed by atoms with Gasteiger partial charge < -0.3 is 25.2 Å². The lowest BCUT2D eigenvalue weighted by Gasteiger charge is -2.33. The molecule has 0 bridgehead atoms. The van der Waals surface area contributed by atoms with Crippen molar-refractivity contribution in [3.8, 4) is 5.75 Å². The maximum Gasteiger partial charge on any atom is 0.118 e. The first kappa shape index (κ1) is 19.5. The molecule has 6 heteroatoms. The second-order valence-electron chi connectivity index (χ2n) is 6.53. The standard InChI is InChI=1S/C18H28N2O3.ClH/c1-22-14-7-5-13(6-8-14)18(21)11-20-16-4-2-3-15(16)17-12-23-10-9-19-17;/h5-8,15-21H,2-4,9-12H2,1H3;1H. The Bertz CT molecular complexity index is 480. The number of aliphatic hydroxyl groups excluding tert-OH is 1. The predicted molar refractivity (Wildman–Crippen MR) is 96.9 cm³/mol. The van der Waals surface area contributed by atoms with Crippen LogP contribution in [0.1, 0.15) is 30.9 Å². The van der Waals surface area contributed by atoms with Crippen molar-refractivity contribution in [2.24, 2.45) is 5.92 Å². The lowest BCUT2D eigenvalue weighted by molar-refractivity contribution is 0.0513. The molecule has 1 aromatic carbocycles. The predicted octanol–water partition coefficient (Wildman–Crippen LogP) is 1.90. The van der Waals surface area contributed by atoms with Crippen LogP contribution >= 0.6 is 12.4 Å². The van der Waals surface area contributed by atoms with E-state index in [-0.39, 0.29) is 12.4 Å². The molecular formula is C18H29ClN2O3. The zero-order valence-corrected chi connectivity index (χ0v) is 15.1. The van der Waals surface area contributed by atoms with Crippen LogP contribution in [0.5, 0.6) is 5.75 Å². The average Bonchev–Trinajstić information content (AvgIpc) is 3.09. The molecule has 2 aliphatic rings. The number of hydrogen-bond acceptors (Lipinski definition) is 5. The number of rotatable bonds is 6. The van der Waals surface area contributed by atoms with Crippen molar-refractivity contribution in [2.45, 2.75) is 37.5 Å². The van der Waals surface area contributed by atoms with E-state index in [1.807, 2.05) is 24.3 Å².